The van der Waals surface area contributed by atoms with Gasteiger partial charge in [-0.25, -0.2) is 13.1 Å². The van der Waals surface area contributed by atoms with Gasteiger partial charge in [0.25, 0.3) is 0 Å². The van der Waals surface area contributed by atoms with Gasteiger partial charge in [0, 0.05) is 12.1 Å². The van der Waals surface area contributed by atoms with Gasteiger partial charge in [0.2, 0.25) is 10.0 Å². The summed E-state index contributed by atoms with van der Waals surface area (Å²) in [6, 6.07) is 4.81. The van der Waals surface area contributed by atoms with Crippen molar-refractivity contribution in [3.05, 3.63) is 18.2 Å². The molecular formula is C15H23ClN2O4S. The fraction of sp³-hybridized carbons (Fsp3) is 0.600. The Morgan fingerprint density at radius 2 is 1.74 bits per heavy atom. The largest absolute Gasteiger partial charge is 0.490 e. The summed E-state index contributed by atoms with van der Waals surface area (Å²) in [6.07, 6.45) is 0. The molecule has 0 spiro atoms. The highest BCUT2D eigenvalue weighted by molar-refractivity contribution is 7.89. The van der Waals surface area contributed by atoms with E-state index < -0.39 is 10.0 Å². The van der Waals surface area contributed by atoms with Crippen LogP contribution in [-0.2, 0) is 10.0 Å². The summed E-state index contributed by atoms with van der Waals surface area (Å²) in [6.45, 7) is 6.48. The van der Waals surface area contributed by atoms with E-state index in [4.69, 9.17) is 9.47 Å². The van der Waals surface area contributed by atoms with Gasteiger partial charge in [-0.3, -0.25) is 0 Å². The number of sulfonamides is 1. The Labute approximate surface area is 143 Å². The molecule has 130 valence electrons. The average Bonchev–Trinajstić information content (AvgIpc) is 2.92. The standard InChI is InChI=1S/C15H22N2O4S.ClH/c1-3-20-13-6-5-10(7-14(13)21-4-2)22(18,19)17-15-11-8-16-9-12(11)15;/h5-7,11-12,15-17H,3-4,8-9H2,1-2H3;1H. The SMILES string of the molecule is CCOc1ccc(S(=O)(=O)NC2C3CNCC32)cc1OCC.Cl. The minimum absolute atomic E-state index is 0. The first kappa shape index (κ1) is 18.3. The highest BCUT2D eigenvalue weighted by atomic mass is 35.5. The molecule has 0 bridgehead atoms. The molecule has 23 heavy (non-hydrogen) atoms. The van der Waals surface area contributed by atoms with Crippen molar-refractivity contribution in [1.29, 1.82) is 0 Å². The van der Waals surface area contributed by atoms with Crippen molar-refractivity contribution >= 4 is 22.4 Å². The number of piperidine rings is 1. The lowest BCUT2D eigenvalue weighted by molar-refractivity contribution is 0.287. The maximum absolute atomic E-state index is 12.5. The van der Waals surface area contributed by atoms with E-state index in [0.717, 1.165) is 13.1 Å². The number of hydrogen-bond acceptors (Lipinski definition) is 5. The quantitative estimate of drug-likeness (QED) is 0.766. The molecule has 1 aliphatic heterocycles. The van der Waals surface area contributed by atoms with Gasteiger partial charge < -0.3 is 14.8 Å². The summed E-state index contributed by atoms with van der Waals surface area (Å²) in [5.74, 6) is 1.90. The number of fused-ring (bicyclic) bond motifs is 1. The van der Waals surface area contributed by atoms with Gasteiger partial charge in [-0.05, 0) is 50.9 Å². The van der Waals surface area contributed by atoms with Crippen molar-refractivity contribution in [3.63, 3.8) is 0 Å². The van der Waals surface area contributed by atoms with Crippen LogP contribution in [0.3, 0.4) is 0 Å². The maximum Gasteiger partial charge on any atom is 0.240 e. The Balaban J connectivity index is 0.00000192. The second kappa shape index (κ2) is 7.25. The van der Waals surface area contributed by atoms with Gasteiger partial charge in [-0.1, -0.05) is 0 Å². The molecule has 1 aromatic rings. The summed E-state index contributed by atoms with van der Waals surface area (Å²) in [5, 5.41) is 3.25. The first-order chi connectivity index (χ1) is 10.6. The summed E-state index contributed by atoms with van der Waals surface area (Å²) in [7, 11) is -3.52. The van der Waals surface area contributed by atoms with E-state index in [1.165, 1.54) is 6.07 Å². The van der Waals surface area contributed by atoms with Crippen LogP contribution < -0.4 is 19.5 Å². The number of hydrogen-bond donors (Lipinski definition) is 2. The third kappa shape index (κ3) is 3.74. The lowest BCUT2D eigenvalue weighted by Crippen LogP contribution is -2.32. The zero-order valence-electron chi connectivity index (χ0n) is 13.2. The molecule has 8 heteroatoms. The molecule has 0 amide bonds. The third-order valence-corrected chi connectivity index (χ3v) is 5.67. The molecule has 2 atom stereocenters. The van der Waals surface area contributed by atoms with E-state index in [1.54, 1.807) is 12.1 Å². The first-order valence-electron chi connectivity index (χ1n) is 7.69. The zero-order valence-corrected chi connectivity index (χ0v) is 14.9. The number of benzene rings is 1. The van der Waals surface area contributed by atoms with Crippen molar-refractivity contribution in [3.8, 4) is 11.5 Å². The Morgan fingerprint density at radius 3 is 2.35 bits per heavy atom. The van der Waals surface area contributed by atoms with E-state index in [1.807, 2.05) is 13.8 Å². The summed E-state index contributed by atoms with van der Waals surface area (Å²) < 4.78 is 38.8. The number of rotatable bonds is 7. The second-order valence-corrected chi connectivity index (χ2v) is 7.32. The fourth-order valence-electron chi connectivity index (χ4n) is 3.04. The van der Waals surface area contributed by atoms with Crippen LogP contribution in [0.2, 0.25) is 0 Å². The molecule has 6 nitrogen and oxygen atoms in total. The van der Waals surface area contributed by atoms with Gasteiger partial charge in [0.05, 0.1) is 18.1 Å². The Bertz CT molecular complexity index is 643. The Morgan fingerprint density at radius 1 is 1.13 bits per heavy atom. The van der Waals surface area contributed by atoms with Crippen molar-refractivity contribution in [1.82, 2.24) is 10.0 Å². The molecule has 2 unspecified atom stereocenters. The summed E-state index contributed by atoms with van der Waals surface area (Å²) >= 11 is 0. The first-order valence-corrected chi connectivity index (χ1v) is 9.17. The molecule has 2 N–H and O–H groups in total. The van der Waals surface area contributed by atoms with Crippen LogP contribution in [0.15, 0.2) is 23.1 Å². The smallest absolute Gasteiger partial charge is 0.240 e. The van der Waals surface area contributed by atoms with E-state index in [9.17, 15) is 8.42 Å². The minimum atomic E-state index is -3.52. The van der Waals surface area contributed by atoms with E-state index in [0.29, 0.717) is 36.5 Å². The molecule has 0 aromatic heterocycles. The van der Waals surface area contributed by atoms with Crippen LogP contribution in [-0.4, -0.2) is 40.8 Å². The molecule has 1 aromatic carbocycles. The maximum atomic E-state index is 12.5. The van der Waals surface area contributed by atoms with Gasteiger partial charge in [0.15, 0.2) is 11.5 Å². The lowest BCUT2D eigenvalue weighted by atomic mass is 10.3. The average molecular weight is 363 g/mol. The fourth-order valence-corrected chi connectivity index (χ4v) is 4.39. The van der Waals surface area contributed by atoms with Crippen LogP contribution in [0.4, 0.5) is 0 Å². The van der Waals surface area contributed by atoms with Crippen molar-refractivity contribution < 1.29 is 17.9 Å². The van der Waals surface area contributed by atoms with E-state index >= 15 is 0 Å². The third-order valence-electron chi connectivity index (χ3n) is 4.21. The molecule has 2 aliphatic rings. The lowest BCUT2D eigenvalue weighted by Gasteiger charge is -2.13. The number of nitrogens with one attached hydrogen (secondary N) is 2. The van der Waals surface area contributed by atoms with Gasteiger partial charge in [-0.2, -0.15) is 0 Å². The van der Waals surface area contributed by atoms with Crippen molar-refractivity contribution in [2.45, 2.75) is 24.8 Å². The topological polar surface area (TPSA) is 76.7 Å². The summed E-state index contributed by atoms with van der Waals surface area (Å²) in [4.78, 5) is 0.220. The molecular weight excluding hydrogens is 340 g/mol. The highest BCUT2D eigenvalue weighted by Crippen LogP contribution is 2.42. The molecule has 3 rings (SSSR count). The molecule has 1 saturated heterocycles. The van der Waals surface area contributed by atoms with Gasteiger partial charge in [-0.15, -0.1) is 12.4 Å². The minimum Gasteiger partial charge on any atom is -0.490 e. The van der Waals surface area contributed by atoms with Crippen LogP contribution in [0.1, 0.15) is 13.8 Å². The molecule has 0 radical (unpaired) electrons. The van der Waals surface area contributed by atoms with E-state index in [-0.39, 0.29) is 23.3 Å². The van der Waals surface area contributed by atoms with Crippen LogP contribution in [0.5, 0.6) is 11.5 Å². The summed E-state index contributed by atoms with van der Waals surface area (Å²) in [5.41, 5.74) is 0. The molecule has 1 heterocycles. The normalized spacial score (nSPS) is 25.4. The number of ether oxygens (including phenoxy) is 2. The van der Waals surface area contributed by atoms with Crippen LogP contribution in [0, 0.1) is 11.8 Å². The van der Waals surface area contributed by atoms with Crippen LogP contribution in [0.25, 0.3) is 0 Å². The Kier molecular flexibility index (Phi) is 5.78. The predicted molar refractivity (Wildman–Crippen MR) is 90.0 cm³/mol. The van der Waals surface area contributed by atoms with E-state index in [2.05, 4.69) is 10.0 Å². The monoisotopic (exact) mass is 362 g/mol. The zero-order chi connectivity index (χ0) is 15.7. The number of halogens is 1. The van der Waals surface area contributed by atoms with Gasteiger partial charge >= 0.3 is 0 Å². The predicted octanol–water partition coefficient (Wildman–Crippen LogP) is 1.40. The van der Waals surface area contributed by atoms with Crippen molar-refractivity contribution in [2.75, 3.05) is 26.3 Å². The van der Waals surface area contributed by atoms with Crippen LogP contribution >= 0.6 is 12.4 Å². The van der Waals surface area contributed by atoms with Gasteiger partial charge in [0.1, 0.15) is 0 Å². The molecule has 2 fully saturated rings. The highest BCUT2D eigenvalue weighted by Gasteiger charge is 2.54. The Hall–Kier alpha value is -1.02. The molecule has 1 aliphatic carbocycles. The molecule has 1 saturated carbocycles. The van der Waals surface area contributed by atoms with Crippen molar-refractivity contribution in [2.24, 2.45) is 11.8 Å². The second-order valence-electron chi connectivity index (χ2n) is 5.61.